The number of benzene rings is 1. The van der Waals surface area contributed by atoms with Crippen LogP contribution in [0.2, 0.25) is 0 Å². The second-order valence-corrected chi connectivity index (χ2v) is 5.79. The van der Waals surface area contributed by atoms with Crippen molar-refractivity contribution in [2.75, 3.05) is 5.73 Å². The molecule has 8 N–H and O–H groups in total. The molecule has 0 aliphatic heterocycles. The lowest BCUT2D eigenvalue weighted by atomic mass is 9.98. The van der Waals surface area contributed by atoms with Crippen LogP contribution in [0.4, 0.5) is 10.2 Å². The number of amides is 1. The number of hydrogen-bond donors (Lipinski definition) is 4. The molecule has 1 amide bonds. The Hall–Kier alpha value is -4.12. The number of hydrogen-bond acceptors (Lipinski definition) is 6. The topological polar surface area (TPSA) is 146 Å². The van der Waals surface area contributed by atoms with Crippen LogP contribution < -0.4 is 22.9 Å². The van der Waals surface area contributed by atoms with E-state index in [1.165, 1.54) is 18.3 Å². The van der Waals surface area contributed by atoms with Gasteiger partial charge in [0.05, 0.1) is 16.8 Å². The lowest BCUT2D eigenvalue weighted by Gasteiger charge is -2.10. The number of rotatable bonds is 4. The lowest BCUT2D eigenvalue weighted by Crippen LogP contribution is -2.16. The Morgan fingerprint density at radius 2 is 1.93 bits per heavy atom. The summed E-state index contributed by atoms with van der Waals surface area (Å²) in [5.41, 5.74) is 24.0. The van der Waals surface area contributed by atoms with E-state index >= 15 is 0 Å². The summed E-state index contributed by atoms with van der Waals surface area (Å²) in [7, 11) is 0. The van der Waals surface area contributed by atoms with E-state index in [1.807, 2.05) is 0 Å². The largest absolute Gasteiger partial charge is 0.401 e. The van der Waals surface area contributed by atoms with Crippen LogP contribution in [0.5, 0.6) is 0 Å². The molecule has 28 heavy (non-hydrogen) atoms. The van der Waals surface area contributed by atoms with Crippen molar-refractivity contribution in [2.24, 2.45) is 22.2 Å². The molecule has 142 valence electrons. The van der Waals surface area contributed by atoms with E-state index in [1.54, 1.807) is 19.1 Å². The number of nitrogen functional groups attached to an aromatic ring is 1. The summed E-state index contributed by atoms with van der Waals surface area (Å²) >= 11 is 0. The Bertz CT molecular complexity index is 1050. The zero-order valence-electron chi connectivity index (χ0n) is 15.2. The minimum Gasteiger partial charge on any atom is -0.401 e. The number of carbonyl (C=O) groups is 1. The lowest BCUT2D eigenvalue weighted by molar-refractivity contribution is 0.0996. The van der Waals surface area contributed by atoms with Gasteiger partial charge < -0.3 is 22.9 Å². The Balaban J connectivity index is 2.62. The molecule has 2 aromatic rings. The minimum atomic E-state index is -0.917. The van der Waals surface area contributed by atoms with Gasteiger partial charge in [-0.1, -0.05) is 18.4 Å². The molecule has 0 saturated heterocycles. The molecule has 7 nitrogen and oxygen atoms in total. The molecule has 0 bridgehead atoms. The fourth-order valence-electron chi connectivity index (χ4n) is 2.23. The maximum atomic E-state index is 13.8. The van der Waals surface area contributed by atoms with Crippen LogP contribution in [-0.2, 0) is 0 Å². The van der Waals surface area contributed by atoms with Crippen LogP contribution in [0.25, 0.3) is 0 Å². The first-order valence-electron chi connectivity index (χ1n) is 8.02. The molecule has 0 aliphatic carbocycles. The summed E-state index contributed by atoms with van der Waals surface area (Å²) in [5.74, 6) is 4.49. The van der Waals surface area contributed by atoms with Crippen LogP contribution in [0.15, 0.2) is 65.2 Å². The maximum Gasteiger partial charge on any atom is 0.251 e. The van der Waals surface area contributed by atoms with Crippen molar-refractivity contribution in [1.82, 2.24) is 4.98 Å². The molecule has 8 heteroatoms. The zero-order valence-corrected chi connectivity index (χ0v) is 15.2. The predicted octanol–water partition coefficient (Wildman–Crippen LogP) is 1.41. The maximum absolute atomic E-state index is 13.8. The number of carbonyl (C=O) groups excluding carboxylic acids is 1. The van der Waals surface area contributed by atoms with E-state index in [0.717, 1.165) is 6.07 Å². The van der Waals surface area contributed by atoms with Crippen molar-refractivity contribution in [3.63, 3.8) is 0 Å². The zero-order chi connectivity index (χ0) is 20.8. The van der Waals surface area contributed by atoms with Gasteiger partial charge >= 0.3 is 0 Å². The van der Waals surface area contributed by atoms with E-state index < -0.39 is 11.7 Å². The summed E-state index contributed by atoms with van der Waals surface area (Å²) in [6.07, 6.45) is 1.51. The normalized spacial score (nSPS) is 11.9. The SMILES string of the molecule is C=C(N)N=C(/C(C#Cc1ccc(N)nc1)=C(/C)N)c1ccc(F)c(C(N)=O)c1. The van der Waals surface area contributed by atoms with Gasteiger partial charge in [-0.3, -0.25) is 4.79 Å². The van der Waals surface area contributed by atoms with Gasteiger partial charge in [-0.2, -0.15) is 0 Å². The first kappa shape index (κ1) is 20.2. The fraction of sp³-hybridized carbons (Fsp3) is 0.0500. The van der Waals surface area contributed by atoms with Gasteiger partial charge in [-0.05, 0) is 37.3 Å². The van der Waals surface area contributed by atoms with E-state index in [2.05, 4.69) is 28.4 Å². The quantitative estimate of drug-likeness (QED) is 0.469. The molecule has 0 fully saturated rings. The van der Waals surface area contributed by atoms with Gasteiger partial charge in [-0.15, -0.1) is 0 Å². The summed E-state index contributed by atoms with van der Waals surface area (Å²) < 4.78 is 13.8. The predicted molar refractivity (Wildman–Crippen MR) is 107 cm³/mol. The number of nitrogens with zero attached hydrogens (tertiary/aromatic N) is 2. The van der Waals surface area contributed by atoms with Gasteiger partial charge in [0.15, 0.2) is 0 Å². The standard InChI is InChI=1S/C20H19FN6O/c1-11(22)15(6-3-13-4-8-18(24)26-10-13)19(27-12(2)23)14-5-7-17(21)16(9-14)20(25)28/h4-5,7-10H,2,22-23H2,1H3,(H2,24,26)(H2,25,28)/b15-11-,27-19?. The summed E-state index contributed by atoms with van der Waals surface area (Å²) in [6, 6.07) is 7.08. The van der Waals surface area contributed by atoms with Crippen LogP contribution in [0.3, 0.4) is 0 Å². The molecule has 0 unspecified atom stereocenters. The van der Waals surface area contributed by atoms with E-state index in [9.17, 15) is 9.18 Å². The molecule has 2 rings (SSSR count). The molecule has 1 aromatic heterocycles. The first-order chi connectivity index (χ1) is 13.2. The van der Waals surface area contributed by atoms with Crippen molar-refractivity contribution in [3.8, 4) is 11.8 Å². The molecule has 0 radical (unpaired) electrons. The number of primary amides is 1. The van der Waals surface area contributed by atoms with Gasteiger partial charge in [0.2, 0.25) is 0 Å². The second-order valence-electron chi connectivity index (χ2n) is 5.79. The number of halogens is 1. The number of anilines is 1. The summed E-state index contributed by atoms with van der Waals surface area (Å²) in [5, 5.41) is 0. The van der Waals surface area contributed by atoms with E-state index in [4.69, 9.17) is 22.9 Å². The van der Waals surface area contributed by atoms with Crippen LogP contribution >= 0.6 is 0 Å². The Kier molecular flexibility index (Phi) is 6.14. The molecule has 0 aliphatic rings. The third-order valence-corrected chi connectivity index (χ3v) is 3.51. The fourth-order valence-corrected chi connectivity index (χ4v) is 2.23. The molecule has 0 spiro atoms. The van der Waals surface area contributed by atoms with Crippen molar-refractivity contribution in [2.45, 2.75) is 6.92 Å². The molecule has 0 saturated carbocycles. The second kappa shape index (κ2) is 8.51. The molecular weight excluding hydrogens is 359 g/mol. The number of allylic oxidation sites excluding steroid dienone is 2. The number of aliphatic imine (C=N–C) groups is 1. The number of nitrogens with two attached hydrogens (primary N) is 4. The highest BCUT2D eigenvalue weighted by Gasteiger charge is 2.16. The molecule has 1 heterocycles. The van der Waals surface area contributed by atoms with Crippen LogP contribution in [-0.4, -0.2) is 16.6 Å². The molecular formula is C20H19FN6O. The highest BCUT2D eigenvalue weighted by atomic mass is 19.1. The average molecular weight is 378 g/mol. The van der Waals surface area contributed by atoms with E-state index in [0.29, 0.717) is 28.2 Å². The van der Waals surface area contributed by atoms with Crippen LogP contribution in [0, 0.1) is 17.7 Å². The highest BCUT2D eigenvalue weighted by Crippen LogP contribution is 2.17. The van der Waals surface area contributed by atoms with Gasteiger partial charge in [0, 0.05) is 23.0 Å². The first-order valence-corrected chi connectivity index (χ1v) is 8.02. The van der Waals surface area contributed by atoms with Crippen molar-refractivity contribution in [1.29, 1.82) is 0 Å². The van der Waals surface area contributed by atoms with Crippen LogP contribution in [0.1, 0.15) is 28.4 Å². The Labute approximate surface area is 161 Å². The van der Waals surface area contributed by atoms with Gasteiger partial charge in [0.25, 0.3) is 5.91 Å². The Morgan fingerprint density at radius 1 is 1.21 bits per heavy atom. The molecule has 0 atom stereocenters. The van der Waals surface area contributed by atoms with Crippen molar-refractivity contribution >= 4 is 17.4 Å². The van der Waals surface area contributed by atoms with Gasteiger partial charge in [-0.25, -0.2) is 14.4 Å². The third kappa shape index (κ3) is 4.95. The minimum absolute atomic E-state index is 0.0188. The Morgan fingerprint density at radius 3 is 2.46 bits per heavy atom. The summed E-state index contributed by atoms with van der Waals surface area (Å²) in [6.45, 7) is 5.18. The summed E-state index contributed by atoms with van der Waals surface area (Å²) in [4.78, 5) is 19.6. The number of aromatic nitrogens is 1. The van der Waals surface area contributed by atoms with Gasteiger partial charge in [0.1, 0.15) is 17.5 Å². The monoisotopic (exact) mass is 378 g/mol. The molecule has 1 aromatic carbocycles. The number of pyridine rings is 1. The third-order valence-electron chi connectivity index (χ3n) is 3.51. The smallest absolute Gasteiger partial charge is 0.251 e. The highest BCUT2D eigenvalue weighted by molar-refractivity contribution is 6.17. The van der Waals surface area contributed by atoms with E-state index in [-0.39, 0.29) is 17.1 Å². The average Bonchev–Trinajstić information content (AvgIpc) is 2.62. The van der Waals surface area contributed by atoms with Crippen molar-refractivity contribution < 1.29 is 9.18 Å². The van der Waals surface area contributed by atoms with Crippen molar-refractivity contribution in [3.05, 3.63) is 82.7 Å².